The van der Waals surface area contributed by atoms with E-state index in [0.29, 0.717) is 13.2 Å². The van der Waals surface area contributed by atoms with Crippen molar-refractivity contribution in [2.45, 2.75) is 31.8 Å². The van der Waals surface area contributed by atoms with Crippen LogP contribution in [-0.4, -0.2) is 49.0 Å². The third-order valence-corrected chi connectivity index (χ3v) is 2.91. The number of ether oxygens (including phenoxy) is 3. The van der Waals surface area contributed by atoms with Crippen LogP contribution in [0.1, 0.15) is 25.7 Å². The summed E-state index contributed by atoms with van der Waals surface area (Å²) >= 11 is 0. The molecule has 0 aliphatic carbocycles. The summed E-state index contributed by atoms with van der Waals surface area (Å²) in [6.07, 6.45) is 4.48. The number of para-hydroxylation sites is 2. The van der Waals surface area contributed by atoms with E-state index in [1.165, 1.54) is 12.8 Å². The zero-order valence-corrected chi connectivity index (χ0v) is 14.9. The van der Waals surface area contributed by atoms with Crippen molar-refractivity contribution in [2.75, 3.05) is 19.8 Å². The van der Waals surface area contributed by atoms with Gasteiger partial charge < -0.3 is 38.1 Å². The van der Waals surface area contributed by atoms with Gasteiger partial charge in [-0.05, 0) is 18.6 Å². The second kappa shape index (κ2) is 11.7. The van der Waals surface area contributed by atoms with Gasteiger partial charge in [-0.2, -0.15) is 6.42 Å². The molecule has 1 aromatic rings. The number of hydrogen-bond acceptors (Lipinski definition) is 3. The molecule has 1 atom stereocenters. The maximum absolute atomic E-state index is 5.80. The van der Waals surface area contributed by atoms with Crippen LogP contribution in [0.5, 0.6) is 11.5 Å². The molecule has 2 rings (SSSR count). The Kier molecular flexibility index (Phi) is 11.7. The van der Waals surface area contributed by atoms with Crippen LogP contribution >= 0.6 is 0 Å². The summed E-state index contributed by atoms with van der Waals surface area (Å²) in [6.45, 7) is 5.78. The summed E-state index contributed by atoms with van der Waals surface area (Å²) in [5.74, 6) is 1.64. The molecule has 0 bridgehead atoms. The quantitative estimate of drug-likeness (QED) is 0.388. The predicted molar refractivity (Wildman–Crippen MR) is 76.8 cm³/mol. The summed E-state index contributed by atoms with van der Waals surface area (Å²) in [7, 11) is 0. The van der Waals surface area contributed by atoms with Crippen LogP contribution in [0.3, 0.4) is 0 Å². The van der Waals surface area contributed by atoms with E-state index in [4.69, 9.17) is 14.2 Å². The molecule has 0 aromatic heterocycles. The minimum Gasteiger partial charge on any atom is -1.00 e. The fourth-order valence-electron chi connectivity index (χ4n) is 1.92. The SMILES string of the molecule is [Br-].[CH2-]CCCCCOCC1COc2ccccc2O1.[Mg+2]. The van der Waals surface area contributed by atoms with Crippen molar-refractivity contribution in [3.63, 3.8) is 0 Å². The Morgan fingerprint density at radius 2 is 1.90 bits per heavy atom. The average molecular weight is 354 g/mol. The van der Waals surface area contributed by atoms with E-state index < -0.39 is 0 Å². The smallest absolute Gasteiger partial charge is 1.00 e. The van der Waals surface area contributed by atoms with Crippen LogP contribution in [-0.2, 0) is 4.74 Å². The molecule has 5 heteroatoms. The maximum atomic E-state index is 5.80. The first-order chi connectivity index (χ1) is 8.90. The van der Waals surface area contributed by atoms with E-state index in [0.717, 1.165) is 30.9 Å². The van der Waals surface area contributed by atoms with Gasteiger partial charge in [-0.25, -0.2) is 0 Å². The zero-order chi connectivity index (χ0) is 12.6. The van der Waals surface area contributed by atoms with Gasteiger partial charge >= 0.3 is 23.1 Å². The Morgan fingerprint density at radius 1 is 1.15 bits per heavy atom. The van der Waals surface area contributed by atoms with Crippen molar-refractivity contribution in [1.29, 1.82) is 0 Å². The van der Waals surface area contributed by atoms with Crippen molar-refractivity contribution in [1.82, 2.24) is 0 Å². The van der Waals surface area contributed by atoms with Crippen LogP contribution in [0.2, 0.25) is 0 Å². The fourth-order valence-corrected chi connectivity index (χ4v) is 1.92. The molecule has 0 saturated carbocycles. The van der Waals surface area contributed by atoms with Crippen molar-refractivity contribution >= 4 is 23.1 Å². The van der Waals surface area contributed by atoms with E-state index in [2.05, 4.69) is 6.92 Å². The largest absolute Gasteiger partial charge is 2.00 e. The Bertz CT molecular complexity index is 363. The normalized spacial score (nSPS) is 15.9. The molecular weight excluding hydrogens is 332 g/mol. The maximum Gasteiger partial charge on any atom is 2.00 e. The van der Waals surface area contributed by atoms with Gasteiger partial charge in [-0.15, -0.1) is 0 Å². The van der Waals surface area contributed by atoms with Gasteiger partial charge in [-0.3, -0.25) is 0 Å². The van der Waals surface area contributed by atoms with E-state index in [-0.39, 0.29) is 46.1 Å². The molecule has 1 aromatic carbocycles. The van der Waals surface area contributed by atoms with Gasteiger partial charge in [0.15, 0.2) is 17.6 Å². The Morgan fingerprint density at radius 3 is 2.65 bits per heavy atom. The summed E-state index contributed by atoms with van der Waals surface area (Å²) in [6, 6.07) is 7.74. The molecule has 0 saturated heterocycles. The predicted octanol–water partition coefficient (Wildman–Crippen LogP) is -0.139. The van der Waals surface area contributed by atoms with Crippen LogP contribution < -0.4 is 26.5 Å². The van der Waals surface area contributed by atoms with Crippen LogP contribution in [0.15, 0.2) is 24.3 Å². The molecule has 0 fully saturated rings. The number of rotatable bonds is 7. The number of benzene rings is 1. The minimum absolute atomic E-state index is 0. The molecule has 0 amide bonds. The molecule has 0 radical (unpaired) electrons. The van der Waals surface area contributed by atoms with E-state index >= 15 is 0 Å². The molecule has 1 aliphatic rings. The summed E-state index contributed by atoms with van der Waals surface area (Å²) in [5, 5.41) is 0. The molecule has 0 N–H and O–H groups in total. The standard InChI is InChI=1S/C15H21O3.BrH.Mg/c1-2-3-4-7-10-16-11-13-12-17-14-8-5-6-9-15(14)18-13;;/h5-6,8-9,13H,1-4,7,10-12H2;1H;/q-1;;+2/p-1. The molecule has 20 heavy (non-hydrogen) atoms. The Labute approximate surface area is 148 Å². The number of halogens is 1. The van der Waals surface area contributed by atoms with Crippen LogP contribution in [0.25, 0.3) is 0 Å². The molecular formula is C15H21BrMgO3. The van der Waals surface area contributed by atoms with Crippen molar-refractivity contribution in [3.05, 3.63) is 31.2 Å². The summed E-state index contributed by atoms with van der Waals surface area (Å²) in [5.41, 5.74) is 0. The second-order valence-electron chi connectivity index (χ2n) is 4.49. The van der Waals surface area contributed by atoms with Crippen molar-refractivity contribution in [2.24, 2.45) is 0 Å². The molecule has 1 unspecified atom stereocenters. The Balaban J connectivity index is 0.00000180. The van der Waals surface area contributed by atoms with E-state index in [9.17, 15) is 0 Å². The fraction of sp³-hybridized carbons (Fsp3) is 0.533. The summed E-state index contributed by atoms with van der Waals surface area (Å²) < 4.78 is 17.0. The first-order valence-corrected chi connectivity index (χ1v) is 6.65. The van der Waals surface area contributed by atoms with Gasteiger partial charge in [0.2, 0.25) is 0 Å². The average Bonchev–Trinajstić information content (AvgIpc) is 2.42. The van der Waals surface area contributed by atoms with E-state index in [1.54, 1.807) is 0 Å². The van der Waals surface area contributed by atoms with E-state index in [1.807, 2.05) is 24.3 Å². The Hall–Kier alpha value is 0.0262. The second-order valence-corrected chi connectivity index (χ2v) is 4.49. The third-order valence-electron chi connectivity index (χ3n) is 2.91. The molecule has 1 heterocycles. The first-order valence-electron chi connectivity index (χ1n) is 6.65. The van der Waals surface area contributed by atoms with Gasteiger partial charge in [0.1, 0.15) is 6.61 Å². The van der Waals surface area contributed by atoms with Crippen LogP contribution in [0.4, 0.5) is 0 Å². The van der Waals surface area contributed by atoms with Gasteiger partial charge in [0.05, 0.1) is 6.61 Å². The third kappa shape index (κ3) is 6.65. The topological polar surface area (TPSA) is 27.7 Å². The number of fused-ring (bicyclic) bond motifs is 1. The van der Waals surface area contributed by atoms with Gasteiger partial charge in [-0.1, -0.05) is 25.0 Å². The zero-order valence-electron chi connectivity index (χ0n) is 11.9. The number of hydrogen-bond donors (Lipinski definition) is 0. The summed E-state index contributed by atoms with van der Waals surface area (Å²) in [4.78, 5) is 0. The van der Waals surface area contributed by atoms with Crippen molar-refractivity contribution in [3.8, 4) is 11.5 Å². The number of unbranched alkanes of at least 4 members (excludes halogenated alkanes) is 3. The molecule has 1 aliphatic heterocycles. The minimum atomic E-state index is 0. The van der Waals surface area contributed by atoms with Crippen LogP contribution in [0, 0.1) is 6.92 Å². The molecule has 108 valence electrons. The monoisotopic (exact) mass is 352 g/mol. The van der Waals surface area contributed by atoms with Crippen molar-refractivity contribution < 1.29 is 31.2 Å². The van der Waals surface area contributed by atoms with Gasteiger partial charge in [0, 0.05) is 6.61 Å². The van der Waals surface area contributed by atoms with Gasteiger partial charge in [0.25, 0.3) is 0 Å². The molecule has 0 spiro atoms. The first kappa shape index (κ1) is 20.0. The molecule has 3 nitrogen and oxygen atoms in total.